The van der Waals surface area contributed by atoms with Crippen LogP contribution >= 0.6 is 11.3 Å². The van der Waals surface area contributed by atoms with Crippen molar-refractivity contribution in [3.63, 3.8) is 0 Å². The van der Waals surface area contributed by atoms with Gasteiger partial charge >= 0.3 is 11.8 Å². The molecule has 0 bridgehead atoms. The van der Waals surface area contributed by atoms with Crippen molar-refractivity contribution in [2.45, 2.75) is 19.4 Å². The van der Waals surface area contributed by atoms with Crippen LogP contribution in [-0.4, -0.2) is 53.7 Å². The lowest BCUT2D eigenvalue weighted by atomic mass is 10.1. The molecule has 0 aliphatic carbocycles. The van der Waals surface area contributed by atoms with E-state index in [4.69, 9.17) is 0 Å². The summed E-state index contributed by atoms with van der Waals surface area (Å²) in [6.07, 6.45) is 3.25. The summed E-state index contributed by atoms with van der Waals surface area (Å²) < 4.78 is 1.73. The number of rotatable bonds is 7. The number of hydrogen-bond acceptors (Lipinski definition) is 5. The van der Waals surface area contributed by atoms with Crippen molar-refractivity contribution in [1.29, 1.82) is 0 Å². The van der Waals surface area contributed by atoms with Crippen LogP contribution in [0.5, 0.6) is 0 Å². The van der Waals surface area contributed by atoms with Crippen molar-refractivity contribution in [2.75, 3.05) is 32.5 Å². The molecule has 0 radical (unpaired) electrons. The second kappa shape index (κ2) is 8.60. The Bertz CT molecular complexity index is 666. The first-order chi connectivity index (χ1) is 11.5. The Morgan fingerprint density at radius 2 is 2.17 bits per heavy atom. The average Bonchev–Trinajstić information content (AvgIpc) is 3.21. The molecule has 0 aliphatic rings. The summed E-state index contributed by atoms with van der Waals surface area (Å²) >= 11 is 1.64. The Hall–Kier alpha value is -2.19. The summed E-state index contributed by atoms with van der Waals surface area (Å²) in [4.78, 5) is 27.0. The normalized spacial score (nSPS) is 12.2. The van der Waals surface area contributed by atoms with Gasteiger partial charge in [-0.25, -0.2) is 0 Å². The Morgan fingerprint density at radius 3 is 2.83 bits per heavy atom. The maximum absolute atomic E-state index is 11.9. The molecule has 0 spiro atoms. The van der Waals surface area contributed by atoms with Crippen LogP contribution in [0.1, 0.15) is 17.7 Å². The molecule has 1 atom stereocenters. The van der Waals surface area contributed by atoms with E-state index in [1.165, 1.54) is 11.1 Å². The maximum Gasteiger partial charge on any atom is 0.313 e. The third-order valence-corrected chi connectivity index (χ3v) is 4.58. The van der Waals surface area contributed by atoms with Crippen molar-refractivity contribution in [2.24, 2.45) is 0 Å². The standard InChI is InChI=1S/C16H23N5O2S/c1-12(14-5-4-8-24-14)9-17-15(22)16(23)19-13-10-18-21(11-13)7-6-20(2)3/h4-5,8,10-12H,6-7,9H2,1-3H3,(H,17,22)(H,19,23)/t12-/m0/s1. The van der Waals surface area contributed by atoms with E-state index < -0.39 is 11.8 Å². The van der Waals surface area contributed by atoms with E-state index in [1.807, 2.05) is 43.4 Å². The van der Waals surface area contributed by atoms with Crippen LogP contribution in [-0.2, 0) is 16.1 Å². The molecule has 0 unspecified atom stereocenters. The molecular formula is C16H23N5O2S. The molecule has 0 aliphatic heterocycles. The molecule has 0 aromatic carbocycles. The summed E-state index contributed by atoms with van der Waals surface area (Å²) in [5.74, 6) is -1.14. The lowest BCUT2D eigenvalue weighted by Crippen LogP contribution is -2.37. The molecular weight excluding hydrogens is 326 g/mol. The van der Waals surface area contributed by atoms with E-state index in [0.717, 1.165) is 6.54 Å². The third-order valence-electron chi connectivity index (χ3n) is 3.47. The minimum atomic E-state index is -0.680. The van der Waals surface area contributed by atoms with Crippen molar-refractivity contribution in [1.82, 2.24) is 20.0 Å². The van der Waals surface area contributed by atoms with Gasteiger partial charge in [0.1, 0.15) is 0 Å². The number of nitrogens with zero attached hydrogens (tertiary/aromatic N) is 3. The largest absolute Gasteiger partial charge is 0.347 e. The van der Waals surface area contributed by atoms with Gasteiger partial charge in [0, 0.05) is 30.1 Å². The fourth-order valence-corrected chi connectivity index (χ4v) is 2.83. The molecule has 2 amide bonds. The number of likely N-dealkylation sites (N-methyl/N-ethyl adjacent to an activating group) is 1. The first-order valence-corrected chi connectivity index (χ1v) is 8.63. The van der Waals surface area contributed by atoms with Crippen LogP contribution in [0.2, 0.25) is 0 Å². The lowest BCUT2D eigenvalue weighted by molar-refractivity contribution is -0.136. The van der Waals surface area contributed by atoms with Crippen molar-refractivity contribution in [3.8, 4) is 0 Å². The molecule has 2 N–H and O–H groups in total. The van der Waals surface area contributed by atoms with Crippen LogP contribution < -0.4 is 10.6 Å². The Kier molecular flexibility index (Phi) is 6.51. The minimum Gasteiger partial charge on any atom is -0.347 e. The zero-order valence-corrected chi connectivity index (χ0v) is 15.0. The van der Waals surface area contributed by atoms with Gasteiger partial charge in [-0.05, 0) is 25.5 Å². The highest BCUT2D eigenvalue weighted by molar-refractivity contribution is 7.10. The molecule has 130 valence electrons. The van der Waals surface area contributed by atoms with Crippen LogP contribution in [0.25, 0.3) is 0 Å². The predicted molar refractivity (Wildman–Crippen MR) is 95.2 cm³/mol. The summed E-state index contributed by atoms with van der Waals surface area (Å²) in [6.45, 7) is 4.00. The van der Waals surface area contributed by atoms with Gasteiger partial charge in [0.25, 0.3) is 0 Å². The number of carbonyl (C=O) groups excluding carboxylic acids is 2. The highest BCUT2D eigenvalue weighted by Crippen LogP contribution is 2.19. The van der Waals surface area contributed by atoms with Crippen molar-refractivity contribution >= 4 is 28.8 Å². The third kappa shape index (κ3) is 5.47. The fraction of sp³-hybridized carbons (Fsp3) is 0.438. The summed E-state index contributed by atoms with van der Waals surface area (Å²) in [7, 11) is 3.96. The van der Waals surface area contributed by atoms with Gasteiger partial charge in [0.2, 0.25) is 0 Å². The molecule has 24 heavy (non-hydrogen) atoms. The number of amides is 2. The van der Waals surface area contributed by atoms with E-state index in [2.05, 4.69) is 15.7 Å². The number of hydrogen-bond donors (Lipinski definition) is 2. The fourth-order valence-electron chi connectivity index (χ4n) is 2.04. The van der Waals surface area contributed by atoms with Gasteiger partial charge in [-0.3, -0.25) is 14.3 Å². The van der Waals surface area contributed by atoms with Crippen LogP contribution in [0.4, 0.5) is 5.69 Å². The molecule has 2 aromatic heterocycles. The predicted octanol–water partition coefficient (Wildman–Crippen LogP) is 1.36. The van der Waals surface area contributed by atoms with Crippen molar-refractivity contribution < 1.29 is 9.59 Å². The lowest BCUT2D eigenvalue weighted by Gasteiger charge is -2.10. The first kappa shape index (κ1) is 18.2. The molecule has 8 heteroatoms. The number of aromatic nitrogens is 2. The van der Waals surface area contributed by atoms with Gasteiger partial charge < -0.3 is 15.5 Å². The molecule has 2 rings (SSSR count). The molecule has 0 saturated carbocycles. The molecule has 2 heterocycles. The van der Waals surface area contributed by atoms with Gasteiger partial charge in [0.05, 0.1) is 18.4 Å². The van der Waals surface area contributed by atoms with E-state index in [9.17, 15) is 9.59 Å². The minimum absolute atomic E-state index is 0.176. The van der Waals surface area contributed by atoms with E-state index in [0.29, 0.717) is 18.8 Å². The quantitative estimate of drug-likeness (QED) is 0.740. The van der Waals surface area contributed by atoms with E-state index in [-0.39, 0.29) is 5.92 Å². The van der Waals surface area contributed by atoms with E-state index in [1.54, 1.807) is 22.2 Å². The number of thiophene rings is 1. The Morgan fingerprint density at radius 1 is 1.38 bits per heavy atom. The number of carbonyl (C=O) groups is 2. The average molecular weight is 349 g/mol. The van der Waals surface area contributed by atoms with Gasteiger partial charge in [0.15, 0.2) is 0 Å². The zero-order chi connectivity index (χ0) is 17.5. The summed E-state index contributed by atoms with van der Waals surface area (Å²) in [5, 5.41) is 11.4. The highest BCUT2D eigenvalue weighted by Gasteiger charge is 2.16. The maximum atomic E-state index is 11.9. The second-order valence-corrected chi connectivity index (χ2v) is 6.86. The molecule has 0 saturated heterocycles. The smallest absolute Gasteiger partial charge is 0.313 e. The number of anilines is 1. The SMILES string of the molecule is C[C@@H](CNC(=O)C(=O)Nc1cnn(CCN(C)C)c1)c1cccs1. The number of nitrogens with one attached hydrogen (secondary N) is 2. The van der Waals surface area contributed by atoms with E-state index >= 15 is 0 Å². The molecule has 2 aromatic rings. The molecule has 7 nitrogen and oxygen atoms in total. The Labute approximate surface area is 145 Å². The van der Waals surface area contributed by atoms with Gasteiger partial charge in [-0.15, -0.1) is 11.3 Å². The monoisotopic (exact) mass is 349 g/mol. The van der Waals surface area contributed by atoms with Crippen LogP contribution in [0.15, 0.2) is 29.9 Å². The second-order valence-electron chi connectivity index (χ2n) is 5.88. The van der Waals surface area contributed by atoms with Crippen LogP contribution in [0.3, 0.4) is 0 Å². The Balaban J connectivity index is 1.78. The highest BCUT2D eigenvalue weighted by atomic mass is 32.1. The topological polar surface area (TPSA) is 79.3 Å². The van der Waals surface area contributed by atoms with Crippen LogP contribution in [0, 0.1) is 0 Å². The summed E-state index contributed by atoms with van der Waals surface area (Å²) in [6, 6.07) is 3.99. The van der Waals surface area contributed by atoms with Gasteiger partial charge in [-0.1, -0.05) is 13.0 Å². The van der Waals surface area contributed by atoms with Crippen molar-refractivity contribution in [3.05, 3.63) is 34.8 Å². The summed E-state index contributed by atoms with van der Waals surface area (Å²) in [5.41, 5.74) is 0.514. The molecule has 0 fully saturated rings. The van der Waals surface area contributed by atoms with Gasteiger partial charge in [-0.2, -0.15) is 5.10 Å². The first-order valence-electron chi connectivity index (χ1n) is 7.75. The zero-order valence-electron chi connectivity index (χ0n) is 14.2.